The van der Waals surface area contributed by atoms with Crippen molar-refractivity contribution in [3.8, 4) is 5.75 Å². The molecule has 0 aliphatic carbocycles. The Hall–Kier alpha value is -2.76. The molecule has 0 radical (unpaired) electrons. The Morgan fingerprint density at radius 1 is 1.33 bits per heavy atom. The van der Waals surface area contributed by atoms with Gasteiger partial charge in [0.05, 0.1) is 30.4 Å². The Kier molecular flexibility index (Phi) is 5.84. The number of benzene rings is 1. The van der Waals surface area contributed by atoms with Crippen LogP contribution in [0.25, 0.3) is 11.0 Å². The van der Waals surface area contributed by atoms with E-state index in [1.807, 2.05) is 18.2 Å². The van der Waals surface area contributed by atoms with Gasteiger partial charge in [-0.1, -0.05) is 27.2 Å². The summed E-state index contributed by atoms with van der Waals surface area (Å²) in [5.41, 5.74) is 1.93. The quantitative estimate of drug-likeness (QED) is 0.632. The second-order valence-electron chi connectivity index (χ2n) is 7.00. The summed E-state index contributed by atoms with van der Waals surface area (Å²) < 4.78 is 12.8. The van der Waals surface area contributed by atoms with Crippen molar-refractivity contribution >= 4 is 16.9 Å². The van der Waals surface area contributed by atoms with Crippen LogP contribution >= 0.6 is 0 Å². The number of imidazole rings is 1. The number of rotatable bonds is 8. The maximum Gasteiger partial charge on any atom is 0.287 e. The summed E-state index contributed by atoms with van der Waals surface area (Å²) in [7, 11) is 1.66. The van der Waals surface area contributed by atoms with E-state index in [1.54, 1.807) is 19.2 Å². The molecule has 6 nitrogen and oxygen atoms in total. The van der Waals surface area contributed by atoms with Gasteiger partial charge in [0, 0.05) is 12.6 Å². The standard InChI is InChI=1S/C21H27N3O3/c1-5-6-11-24-17-13-15(26-4)9-10-16(17)22-20(24)19(14(2)3)23-21(25)18-8-7-12-27-18/h7-10,12-14,19H,5-6,11H2,1-4H3,(H,23,25). The van der Waals surface area contributed by atoms with E-state index < -0.39 is 0 Å². The highest BCUT2D eigenvalue weighted by Gasteiger charge is 2.26. The Bertz CT molecular complexity index is 897. The lowest BCUT2D eigenvalue weighted by molar-refractivity contribution is 0.0894. The average molecular weight is 369 g/mol. The van der Waals surface area contributed by atoms with Crippen LogP contribution in [-0.4, -0.2) is 22.6 Å². The molecule has 1 aromatic carbocycles. The highest BCUT2D eigenvalue weighted by atomic mass is 16.5. The maximum absolute atomic E-state index is 12.6. The van der Waals surface area contributed by atoms with Crippen LogP contribution in [0.2, 0.25) is 0 Å². The zero-order valence-electron chi connectivity index (χ0n) is 16.4. The molecule has 0 aliphatic heterocycles. The van der Waals surface area contributed by atoms with Gasteiger partial charge in [-0.2, -0.15) is 0 Å². The van der Waals surface area contributed by atoms with Crippen molar-refractivity contribution in [1.29, 1.82) is 0 Å². The highest BCUT2D eigenvalue weighted by Crippen LogP contribution is 2.29. The monoisotopic (exact) mass is 369 g/mol. The molecular weight excluding hydrogens is 342 g/mol. The molecule has 6 heteroatoms. The number of hydrogen-bond donors (Lipinski definition) is 1. The summed E-state index contributed by atoms with van der Waals surface area (Å²) in [6.07, 6.45) is 3.61. The van der Waals surface area contributed by atoms with Crippen LogP contribution in [0.1, 0.15) is 56.0 Å². The number of nitrogens with zero attached hydrogens (tertiary/aromatic N) is 2. The SMILES string of the molecule is CCCCn1c(C(NC(=O)c2ccco2)C(C)C)nc2ccc(OC)cc21. The first-order valence-corrected chi connectivity index (χ1v) is 9.43. The third kappa shape index (κ3) is 3.99. The Morgan fingerprint density at radius 3 is 2.78 bits per heavy atom. The van der Waals surface area contributed by atoms with Gasteiger partial charge in [-0.05, 0) is 36.6 Å². The first-order valence-electron chi connectivity index (χ1n) is 9.43. The van der Waals surface area contributed by atoms with Gasteiger partial charge in [-0.25, -0.2) is 4.98 Å². The van der Waals surface area contributed by atoms with E-state index in [2.05, 4.69) is 30.7 Å². The molecule has 0 saturated heterocycles. The number of carbonyl (C=O) groups excluding carboxylic acids is 1. The lowest BCUT2D eigenvalue weighted by Crippen LogP contribution is -2.33. The molecule has 2 aromatic heterocycles. The third-order valence-corrected chi connectivity index (χ3v) is 4.70. The molecule has 1 atom stereocenters. The number of aryl methyl sites for hydroxylation is 1. The van der Waals surface area contributed by atoms with Gasteiger partial charge in [-0.3, -0.25) is 4.79 Å². The Morgan fingerprint density at radius 2 is 2.15 bits per heavy atom. The van der Waals surface area contributed by atoms with Gasteiger partial charge < -0.3 is 19.0 Å². The van der Waals surface area contributed by atoms with Gasteiger partial charge in [-0.15, -0.1) is 0 Å². The van der Waals surface area contributed by atoms with E-state index in [4.69, 9.17) is 14.1 Å². The number of unbranched alkanes of at least 4 members (excludes halogenated alkanes) is 1. The van der Waals surface area contributed by atoms with Gasteiger partial charge in [0.2, 0.25) is 0 Å². The second-order valence-corrected chi connectivity index (χ2v) is 7.00. The van der Waals surface area contributed by atoms with E-state index in [0.29, 0.717) is 5.76 Å². The van der Waals surface area contributed by atoms with Crippen molar-refractivity contribution in [2.75, 3.05) is 7.11 Å². The molecule has 0 aliphatic rings. The molecule has 0 bridgehead atoms. The molecule has 0 saturated carbocycles. The Balaban J connectivity index is 2.03. The smallest absolute Gasteiger partial charge is 0.287 e. The zero-order valence-corrected chi connectivity index (χ0v) is 16.4. The number of aromatic nitrogens is 2. The van der Waals surface area contributed by atoms with E-state index >= 15 is 0 Å². The van der Waals surface area contributed by atoms with Gasteiger partial charge in [0.25, 0.3) is 5.91 Å². The molecule has 144 valence electrons. The van der Waals surface area contributed by atoms with Crippen LogP contribution in [0, 0.1) is 5.92 Å². The summed E-state index contributed by atoms with van der Waals surface area (Å²) in [6, 6.07) is 9.03. The minimum Gasteiger partial charge on any atom is -0.497 e. The average Bonchev–Trinajstić information content (AvgIpc) is 3.31. The van der Waals surface area contributed by atoms with Crippen LogP contribution in [0.5, 0.6) is 5.75 Å². The number of nitrogens with one attached hydrogen (secondary N) is 1. The van der Waals surface area contributed by atoms with Crippen molar-refractivity contribution in [1.82, 2.24) is 14.9 Å². The number of methoxy groups -OCH3 is 1. The normalized spacial score (nSPS) is 12.5. The molecule has 1 N–H and O–H groups in total. The van der Waals surface area contributed by atoms with E-state index in [-0.39, 0.29) is 17.9 Å². The molecule has 1 amide bonds. The molecular formula is C21H27N3O3. The van der Waals surface area contributed by atoms with Crippen molar-refractivity contribution in [3.05, 3.63) is 48.2 Å². The first kappa shape index (κ1) is 19.0. The molecule has 0 fully saturated rings. The van der Waals surface area contributed by atoms with Crippen LogP contribution in [0.3, 0.4) is 0 Å². The van der Waals surface area contributed by atoms with Gasteiger partial charge in [0.15, 0.2) is 5.76 Å². The topological polar surface area (TPSA) is 69.3 Å². The largest absolute Gasteiger partial charge is 0.497 e. The van der Waals surface area contributed by atoms with E-state index in [1.165, 1.54) is 6.26 Å². The molecule has 27 heavy (non-hydrogen) atoms. The molecule has 3 rings (SSSR count). The lowest BCUT2D eigenvalue weighted by Gasteiger charge is -2.23. The maximum atomic E-state index is 12.6. The third-order valence-electron chi connectivity index (χ3n) is 4.70. The number of amides is 1. The summed E-state index contributed by atoms with van der Waals surface area (Å²) in [5.74, 6) is 1.90. The summed E-state index contributed by atoms with van der Waals surface area (Å²) in [5, 5.41) is 3.09. The number of ether oxygens (including phenoxy) is 1. The van der Waals surface area contributed by atoms with Crippen molar-refractivity contribution in [2.45, 2.75) is 46.2 Å². The van der Waals surface area contributed by atoms with E-state index in [0.717, 1.165) is 42.0 Å². The number of furan rings is 1. The molecule has 2 heterocycles. The summed E-state index contributed by atoms with van der Waals surface area (Å²) >= 11 is 0. The number of hydrogen-bond acceptors (Lipinski definition) is 4. The minimum absolute atomic E-state index is 0.169. The minimum atomic E-state index is -0.231. The van der Waals surface area contributed by atoms with Crippen LogP contribution < -0.4 is 10.1 Å². The zero-order chi connectivity index (χ0) is 19.4. The fourth-order valence-electron chi connectivity index (χ4n) is 3.19. The molecule has 0 spiro atoms. The van der Waals surface area contributed by atoms with Gasteiger partial charge in [0.1, 0.15) is 11.6 Å². The fourth-order valence-corrected chi connectivity index (χ4v) is 3.19. The van der Waals surface area contributed by atoms with Crippen molar-refractivity contribution in [2.24, 2.45) is 5.92 Å². The summed E-state index contributed by atoms with van der Waals surface area (Å²) in [6.45, 7) is 7.17. The fraction of sp³-hybridized carbons (Fsp3) is 0.429. The lowest BCUT2D eigenvalue weighted by atomic mass is 10.0. The summed E-state index contributed by atoms with van der Waals surface area (Å²) in [4.78, 5) is 17.4. The first-order chi connectivity index (χ1) is 13.0. The van der Waals surface area contributed by atoms with Crippen molar-refractivity contribution in [3.63, 3.8) is 0 Å². The van der Waals surface area contributed by atoms with Crippen LogP contribution in [0.4, 0.5) is 0 Å². The molecule has 1 unspecified atom stereocenters. The number of fused-ring (bicyclic) bond motifs is 1. The number of carbonyl (C=O) groups is 1. The highest BCUT2D eigenvalue weighted by molar-refractivity contribution is 5.91. The van der Waals surface area contributed by atoms with E-state index in [9.17, 15) is 4.79 Å². The predicted molar refractivity (Wildman–Crippen MR) is 105 cm³/mol. The van der Waals surface area contributed by atoms with Crippen molar-refractivity contribution < 1.29 is 13.9 Å². The van der Waals surface area contributed by atoms with Crippen LogP contribution in [0.15, 0.2) is 41.0 Å². The predicted octanol–water partition coefficient (Wildman–Crippen LogP) is 4.57. The molecule has 3 aromatic rings. The van der Waals surface area contributed by atoms with Crippen LogP contribution in [-0.2, 0) is 6.54 Å². The Labute approximate surface area is 159 Å². The van der Waals surface area contributed by atoms with Gasteiger partial charge >= 0.3 is 0 Å². The second kappa shape index (κ2) is 8.29.